The molecule has 0 radical (unpaired) electrons. The molecule has 1 aromatic carbocycles. The minimum absolute atomic E-state index is 0.257. The van der Waals surface area contributed by atoms with E-state index in [0.717, 1.165) is 55.4 Å². The molecule has 0 bridgehead atoms. The maximum Gasteiger partial charge on any atom is 0.407 e. The fraction of sp³-hybridized carbons (Fsp3) is 0.615. The summed E-state index contributed by atoms with van der Waals surface area (Å²) in [5.41, 5.74) is 0.564. The molecule has 0 aromatic heterocycles. The van der Waals surface area contributed by atoms with Gasteiger partial charge in [-0.1, -0.05) is 30.3 Å². The molecule has 3 N–H and O–H groups in total. The first-order valence-electron chi connectivity index (χ1n) is 19.6. The molecule has 1 aromatic rings. The summed E-state index contributed by atoms with van der Waals surface area (Å²) in [6.07, 6.45) is -17.2. The molecule has 0 spiro atoms. The van der Waals surface area contributed by atoms with E-state index in [1.54, 1.807) is 30.3 Å². The van der Waals surface area contributed by atoms with E-state index in [1.165, 1.54) is 0 Å². The van der Waals surface area contributed by atoms with Gasteiger partial charge in [0.15, 0.2) is 37.0 Å². The number of rotatable bonds is 21. The van der Waals surface area contributed by atoms with E-state index < -0.39 is 147 Å². The Morgan fingerprint density at radius 3 is 1.30 bits per heavy atom. The highest BCUT2D eigenvalue weighted by atomic mass is 17.2. The summed E-state index contributed by atoms with van der Waals surface area (Å²) in [5, 5.41) is 25.9. The third-order valence-electron chi connectivity index (χ3n) is 8.58. The number of alkyl carbamates (subject to hydrolysis) is 1. The van der Waals surface area contributed by atoms with Gasteiger partial charge in [-0.3, -0.25) is 38.5 Å². The largest absolute Gasteiger partial charge is 0.463 e. The monoisotopic (exact) mass is 949 g/mol. The van der Waals surface area contributed by atoms with Crippen LogP contribution in [0.2, 0.25) is 0 Å². The second-order valence-electron chi connectivity index (χ2n) is 14.2. The van der Waals surface area contributed by atoms with Crippen LogP contribution in [0.25, 0.3) is 0 Å². The Balaban J connectivity index is 2.08. The first-order valence-corrected chi connectivity index (χ1v) is 19.6. The Morgan fingerprint density at radius 1 is 0.561 bits per heavy atom. The molecule has 2 fully saturated rings. The van der Waals surface area contributed by atoms with Gasteiger partial charge in [0.25, 0.3) is 11.6 Å². The zero-order chi connectivity index (χ0) is 49.4. The van der Waals surface area contributed by atoms with E-state index in [-0.39, 0.29) is 6.61 Å². The lowest BCUT2D eigenvalue weighted by Gasteiger charge is -2.48. The molecular formula is C39H51NO26. The summed E-state index contributed by atoms with van der Waals surface area (Å²) in [6.45, 7) is 3.75. The second kappa shape index (κ2) is 25.0. The Kier molecular flexibility index (Phi) is 20.6. The van der Waals surface area contributed by atoms with Crippen LogP contribution in [0, 0.1) is 0 Å². The molecule has 10 atom stereocenters. The Hall–Kier alpha value is -6.07. The van der Waals surface area contributed by atoms with Gasteiger partial charge in [0.2, 0.25) is 12.2 Å². The Labute approximate surface area is 375 Å². The molecule has 0 saturated carbocycles. The fourth-order valence-electron chi connectivity index (χ4n) is 5.98. The number of aliphatic hydroxyl groups is 2. The van der Waals surface area contributed by atoms with Crippen LogP contribution in [0.1, 0.15) is 61.0 Å². The van der Waals surface area contributed by atoms with Gasteiger partial charge >= 0.3 is 53.8 Å². The van der Waals surface area contributed by atoms with Gasteiger partial charge < -0.3 is 67.6 Å². The van der Waals surface area contributed by atoms with Crippen molar-refractivity contribution in [2.24, 2.45) is 0 Å². The summed E-state index contributed by atoms with van der Waals surface area (Å²) in [4.78, 5) is 129. The lowest BCUT2D eigenvalue weighted by molar-refractivity contribution is -0.475. The highest BCUT2D eigenvalue weighted by Gasteiger charge is 2.64. The molecule has 0 unspecified atom stereocenters. The van der Waals surface area contributed by atoms with E-state index >= 15 is 0 Å². The number of hydrogen-bond acceptors (Lipinski definition) is 26. The summed E-state index contributed by atoms with van der Waals surface area (Å²) in [6, 6.07) is 6.92. The minimum atomic E-state index is -3.07. The molecule has 3 rings (SSSR count). The molecule has 2 aliphatic heterocycles. The fourth-order valence-corrected chi connectivity index (χ4v) is 5.98. The average Bonchev–Trinajstić information content (AvgIpc) is 3.22. The van der Waals surface area contributed by atoms with E-state index in [1.807, 2.05) is 0 Å². The van der Waals surface area contributed by atoms with Crippen molar-refractivity contribution in [1.29, 1.82) is 0 Å². The number of benzene rings is 1. The summed E-state index contributed by atoms with van der Waals surface area (Å²) in [7, 11) is 0. The predicted octanol–water partition coefficient (Wildman–Crippen LogP) is -1.02. The molecule has 368 valence electrons. The van der Waals surface area contributed by atoms with Gasteiger partial charge in [-0.2, -0.15) is 0 Å². The molecule has 2 saturated heterocycles. The zero-order valence-electron chi connectivity index (χ0n) is 36.8. The van der Waals surface area contributed by atoms with Crippen molar-refractivity contribution in [3.63, 3.8) is 0 Å². The van der Waals surface area contributed by atoms with Crippen LogP contribution in [0.4, 0.5) is 4.79 Å². The van der Waals surface area contributed by atoms with Crippen LogP contribution in [-0.2, 0) is 117 Å². The Morgan fingerprint density at radius 2 is 0.955 bits per heavy atom. The topological polar surface area (TPSA) is 345 Å². The van der Waals surface area contributed by atoms with Gasteiger partial charge in [0.1, 0.15) is 19.8 Å². The van der Waals surface area contributed by atoms with E-state index in [4.69, 9.17) is 61.9 Å². The van der Waals surface area contributed by atoms with Crippen molar-refractivity contribution in [3.8, 4) is 0 Å². The zero-order valence-corrected chi connectivity index (χ0v) is 36.8. The number of carbonyl (C=O) groups excluding carboxylic acids is 9. The number of hydrogen-bond donors (Lipinski definition) is 3. The third kappa shape index (κ3) is 16.4. The number of ether oxygens (including phenoxy) is 11. The van der Waals surface area contributed by atoms with E-state index in [9.17, 15) is 53.4 Å². The van der Waals surface area contributed by atoms with Crippen molar-refractivity contribution in [3.05, 3.63) is 35.9 Å². The van der Waals surface area contributed by atoms with Gasteiger partial charge in [-0.25, -0.2) is 14.4 Å². The van der Waals surface area contributed by atoms with Gasteiger partial charge in [0, 0.05) is 55.4 Å². The average molecular weight is 950 g/mol. The maximum atomic E-state index is 13.3. The number of carbonyl (C=O) groups is 9. The minimum Gasteiger partial charge on any atom is -0.463 e. The van der Waals surface area contributed by atoms with Gasteiger partial charge in [-0.05, 0) is 5.56 Å². The summed E-state index contributed by atoms with van der Waals surface area (Å²) >= 11 is 0. The molecule has 0 aliphatic carbocycles. The predicted molar refractivity (Wildman–Crippen MR) is 204 cm³/mol. The lowest BCUT2D eigenvalue weighted by atomic mass is 9.94. The van der Waals surface area contributed by atoms with Crippen LogP contribution in [-0.4, -0.2) is 157 Å². The lowest BCUT2D eigenvalue weighted by Crippen LogP contribution is -2.70. The standard InChI is InChI=1S/C39H51NO26/c1-19(41)52-17-29-38(50,65-63-25(7)47)33(59-23(5)45)31(57-21(3)43)35(61-29)54-15-28(40-37(49)56-14-27-12-10-9-11-13-27)16-55-36-32(58-22(4)44)34(60-24(6)46)39(51,66-64-26(8)48)30(62-36)18-53-20(2)42/h9-13,28-36,50-51H,14-18H2,1-8H3,(H,40,49)/t29-,30-,31-,32-,33-,34-,35-,36-,38-,39-/m1/s1. The highest BCUT2D eigenvalue weighted by molar-refractivity contribution is 5.69. The highest BCUT2D eigenvalue weighted by Crippen LogP contribution is 2.38. The smallest absolute Gasteiger partial charge is 0.407 e. The quantitative estimate of drug-likeness (QED) is 0.0437. The normalized spacial score (nSPS) is 27.0. The molecule has 2 heterocycles. The van der Waals surface area contributed by atoms with Crippen molar-refractivity contribution < 1.29 is 125 Å². The van der Waals surface area contributed by atoms with Crippen LogP contribution < -0.4 is 5.32 Å². The van der Waals surface area contributed by atoms with Gasteiger partial charge in [-0.15, -0.1) is 9.78 Å². The molecule has 1 amide bonds. The third-order valence-corrected chi connectivity index (χ3v) is 8.58. The first kappa shape index (κ1) is 54.3. The number of nitrogens with one attached hydrogen (secondary N) is 1. The van der Waals surface area contributed by atoms with Crippen LogP contribution in [0.5, 0.6) is 0 Å². The van der Waals surface area contributed by atoms with E-state index in [2.05, 4.69) is 15.1 Å². The van der Waals surface area contributed by atoms with Crippen molar-refractivity contribution in [2.45, 2.75) is 129 Å². The van der Waals surface area contributed by atoms with Crippen LogP contribution >= 0.6 is 0 Å². The van der Waals surface area contributed by atoms with Crippen LogP contribution in [0.15, 0.2) is 30.3 Å². The second-order valence-corrected chi connectivity index (χ2v) is 14.2. The number of esters is 6. The molecular weight excluding hydrogens is 898 g/mol. The summed E-state index contributed by atoms with van der Waals surface area (Å²) < 4.78 is 60.2. The van der Waals surface area contributed by atoms with Gasteiger partial charge in [0.05, 0.1) is 19.3 Å². The SMILES string of the molecule is CC(=O)OC[C@H]1O[C@@H](OCC(CO[C@@H]2O[C@H](COC(C)=O)[C@@](O)(OOC(C)=O)[C@H](OC(C)=O)[C@H]2OC(C)=O)NC(=O)OCc2ccccc2)[C@H](OC(C)=O)[C@@H](OC(C)=O)[C@]1(O)OOC(C)=O. The van der Waals surface area contributed by atoms with Crippen molar-refractivity contribution in [1.82, 2.24) is 5.32 Å². The molecule has 2 aliphatic rings. The Bertz CT molecular complexity index is 1770. The maximum absolute atomic E-state index is 13.3. The van der Waals surface area contributed by atoms with Crippen molar-refractivity contribution in [2.75, 3.05) is 26.4 Å². The molecule has 27 heteroatoms. The van der Waals surface area contributed by atoms with Crippen molar-refractivity contribution >= 4 is 53.8 Å². The van der Waals surface area contributed by atoms with E-state index in [0.29, 0.717) is 5.56 Å². The summed E-state index contributed by atoms with van der Waals surface area (Å²) in [5.74, 6) is -14.6. The molecule has 27 nitrogen and oxygen atoms in total. The first-order chi connectivity index (χ1) is 30.9. The molecule has 66 heavy (non-hydrogen) atoms. The number of amides is 1. The van der Waals surface area contributed by atoms with Crippen LogP contribution in [0.3, 0.4) is 0 Å².